The van der Waals surface area contributed by atoms with Gasteiger partial charge in [0.1, 0.15) is 0 Å². The summed E-state index contributed by atoms with van der Waals surface area (Å²) in [7, 11) is 1.52. The summed E-state index contributed by atoms with van der Waals surface area (Å²) < 4.78 is 19.0. The fraction of sp³-hybridized carbons (Fsp3) is 0.278. The summed E-state index contributed by atoms with van der Waals surface area (Å²) in [5.74, 6) is -1.86. The van der Waals surface area contributed by atoms with Crippen molar-refractivity contribution >= 4 is 12.0 Å². The van der Waals surface area contributed by atoms with Gasteiger partial charge in [-0.05, 0) is 23.8 Å². The predicted octanol–water partition coefficient (Wildman–Crippen LogP) is 2.88. The van der Waals surface area contributed by atoms with Crippen LogP contribution in [0.1, 0.15) is 12.5 Å². The van der Waals surface area contributed by atoms with E-state index in [1.807, 2.05) is 0 Å². The van der Waals surface area contributed by atoms with Crippen LogP contribution < -0.4 is 10.1 Å². The highest BCUT2D eigenvalue weighted by molar-refractivity contribution is 5.75. The van der Waals surface area contributed by atoms with Gasteiger partial charge in [-0.3, -0.25) is 4.79 Å². The van der Waals surface area contributed by atoms with Crippen molar-refractivity contribution in [1.29, 1.82) is 0 Å². The first-order chi connectivity index (χ1) is 12.4. The van der Waals surface area contributed by atoms with Crippen LogP contribution in [-0.2, 0) is 11.3 Å². The van der Waals surface area contributed by atoms with Crippen molar-refractivity contribution in [3.05, 3.63) is 54.0 Å². The average Bonchev–Trinajstić information content (AvgIpc) is 2.61. The maximum atomic E-state index is 13.6. The molecule has 2 N–H and O–H groups in total. The molecular formula is C18H20FN3O4. The number of ether oxygens (including phenoxy) is 1. The molecule has 7 nitrogen and oxygen atoms in total. The van der Waals surface area contributed by atoms with Crippen LogP contribution >= 0.6 is 0 Å². The van der Waals surface area contributed by atoms with Gasteiger partial charge in [-0.15, -0.1) is 0 Å². The van der Waals surface area contributed by atoms with Gasteiger partial charge in [0.05, 0.1) is 5.92 Å². The molecule has 1 heterocycles. The number of para-hydroxylation sites is 1. The maximum absolute atomic E-state index is 13.6. The molecule has 2 aromatic rings. The number of rotatable bonds is 7. The third-order valence-electron chi connectivity index (χ3n) is 3.61. The largest absolute Gasteiger partial charge is 0.481 e. The van der Waals surface area contributed by atoms with Gasteiger partial charge in [0.2, 0.25) is 5.88 Å². The third-order valence-corrected chi connectivity index (χ3v) is 3.61. The van der Waals surface area contributed by atoms with Crippen molar-refractivity contribution in [2.75, 3.05) is 13.6 Å². The summed E-state index contributed by atoms with van der Waals surface area (Å²) in [5.41, 5.74) is 0.708. The minimum absolute atomic E-state index is 0.0589. The number of benzene rings is 1. The highest BCUT2D eigenvalue weighted by Crippen LogP contribution is 2.22. The highest BCUT2D eigenvalue weighted by atomic mass is 19.1. The van der Waals surface area contributed by atoms with Crippen molar-refractivity contribution in [3.63, 3.8) is 0 Å². The molecule has 0 fully saturated rings. The zero-order valence-corrected chi connectivity index (χ0v) is 14.5. The van der Waals surface area contributed by atoms with Crippen LogP contribution in [0.5, 0.6) is 11.6 Å². The van der Waals surface area contributed by atoms with E-state index in [-0.39, 0.29) is 24.7 Å². The number of pyridine rings is 1. The summed E-state index contributed by atoms with van der Waals surface area (Å²) in [5, 5.41) is 11.6. The molecule has 1 unspecified atom stereocenters. The maximum Gasteiger partial charge on any atom is 0.317 e. The SMILES string of the molecule is CC(CN(C)C(=O)NCc1ccnc(Oc2ccccc2F)c1)C(=O)O. The molecule has 2 rings (SSSR count). The Hall–Kier alpha value is -3.16. The zero-order chi connectivity index (χ0) is 19.1. The van der Waals surface area contributed by atoms with Crippen molar-refractivity contribution in [2.45, 2.75) is 13.5 Å². The number of carbonyl (C=O) groups is 2. The number of carboxylic acid groups (broad SMARTS) is 1. The quantitative estimate of drug-likeness (QED) is 0.791. The lowest BCUT2D eigenvalue weighted by molar-refractivity contribution is -0.141. The molecule has 1 atom stereocenters. The lowest BCUT2D eigenvalue weighted by Gasteiger charge is -2.20. The van der Waals surface area contributed by atoms with Gasteiger partial charge >= 0.3 is 12.0 Å². The Morgan fingerprint density at radius 1 is 1.35 bits per heavy atom. The first kappa shape index (κ1) is 19.2. The molecule has 26 heavy (non-hydrogen) atoms. The second kappa shape index (κ2) is 8.80. The van der Waals surface area contributed by atoms with Gasteiger partial charge in [0, 0.05) is 32.4 Å². The van der Waals surface area contributed by atoms with E-state index >= 15 is 0 Å². The number of halogens is 1. The standard InChI is InChI=1S/C18H20FN3O4/c1-12(17(23)24)11-22(2)18(25)21-10-13-7-8-20-16(9-13)26-15-6-4-3-5-14(15)19/h3-9,12H,10-11H2,1-2H3,(H,21,25)(H,23,24). The molecule has 0 bridgehead atoms. The number of hydrogen-bond donors (Lipinski definition) is 2. The molecule has 0 aliphatic carbocycles. The molecule has 2 amide bonds. The van der Waals surface area contributed by atoms with Crippen molar-refractivity contribution in [1.82, 2.24) is 15.2 Å². The highest BCUT2D eigenvalue weighted by Gasteiger charge is 2.17. The van der Waals surface area contributed by atoms with E-state index in [2.05, 4.69) is 10.3 Å². The molecule has 0 radical (unpaired) electrons. The molecule has 0 aliphatic rings. The van der Waals surface area contributed by atoms with Crippen LogP contribution in [0.15, 0.2) is 42.6 Å². The number of hydrogen-bond acceptors (Lipinski definition) is 4. The van der Waals surface area contributed by atoms with Gasteiger partial charge in [0.15, 0.2) is 11.6 Å². The summed E-state index contributed by atoms with van der Waals surface area (Å²) >= 11 is 0. The van der Waals surface area contributed by atoms with Crippen LogP contribution in [0, 0.1) is 11.7 Å². The molecule has 0 aliphatic heterocycles. The Morgan fingerprint density at radius 2 is 2.08 bits per heavy atom. The normalized spacial score (nSPS) is 11.5. The fourth-order valence-corrected chi connectivity index (χ4v) is 2.14. The Kier molecular flexibility index (Phi) is 6.48. The van der Waals surface area contributed by atoms with E-state index in [1.54, 1.807) is 24.3 Å². The first-order valence-electron chi connectivity index (χ1n) is 7.96. The van der Waals surface area contributed by atoms with E-state index in [0.29, 0.717) is 5.56 Å². The van der Waals surface area contributed by atoms with Gasteiger partial charge in [0.25, 0.3) is 0 Å². The number of urea groups is 1. The Morgan fingerprint density at radius 3 is 2.77 bits per heavy atom. The second-order valence-electron chi connectivity index (χ2n) is 5.81. The Labute approximate surface area is 150 Å². The topological polar surface area (TPSA) is 91.8 Å². The van der Waals surface area contributed by atoms with Crippen LogP contribution in [0.3, 0.4) is 0 Å². The summed E-state index contributed by atoms with van der Waals surface area (Å²) in [4.78, 5) is 28.2. The smallest absolute Gasteiger partial charge is 0.317 e. The molecule has 138 valence electrons. The molecule has 0 spiro atoms. The van der Waals surface area contributed by atoms with Crippen LogP contribution in [-0.4, -0.2) is 40.6 Å². The number of aliphatic carboxylic acids is 1. The number of aromatic nitrogens is 1. The Bertz CT molecular complexity index is 785. The minimum atomic E-state index is -0.964. The monoisotopic (exact) mass is 361 g/mol. The number of carbonyl (C=O) groups excluding carboxylic acids is 1. The summed E-state index contributed by atoms with van der Waals surface area (Å²) in [6.45, 7) is 1.82. The molecular weight excluding hydrogens is 341 g/mol. The molecule has 1 aromatic carbocycles. The van der Waals surface area contributed by atoms with Gasteiger partial charge in [-0.1, -0.05) is 19.1 Å². The van der Waals surface area contributed by atoms with Gasteiger partial charge < -0.3 is 20.1 Å². The molecule has 0 saturated carbocycles. The fourth-order valence-electron chi connectivity index (χ4n) is 2.14. The van der Waals surface area contributed by atoms with Gasteiger partial charge in [-0.2, -0.15) is 0 Å². The van der Waals surface area contributed by atoms with Crippen LogP contribution in [0.2, 0.25) is 0 Å². The molecule has 1 aromatic heterocycles. The number of nitrogens with one attached hydrogen (secondary N) is 1. The second-order valence-corrected chi connectivity index (χ2v) is 5.81. The lowest BCUT2D eigenvalue weighted by atomic mass is 10.2. The van der Waals surface area contributed by atoms with E-state index in [0.717, 1.165) is 0 Å². The van der Waals surface area contributed by atoms with Crippen LogP contribution in [0.4, 0.5) is 9.18 Å². The number of amides is 2. The van der Waals surface area contributed by atoms with E-state index in [4.69, 9.17) is 9.84 Å². The van der Waals surface area contributed by atoms with Crippen molar-refractivity contribution in [2.24, 2.45) is 5.92 Å². The average molecular weight is 361 g/mol. The lowest BCUT2D eigenvalue weighted by Crippen LogP contribution is -2.40. The van der Waals surface area contributed by atoms with Crippen molar-refractivity contribution in [3.8, 4) is 11.6 Å². The molecule has 0 saturated heterocycles. The first-order valence-corrected chi connectivity index (χ1v) is 7.96. The van der Waals surface area contributed by atoms with E-state index in [9.17, 15) is 14.0 Å². The van der Waals surface area contributed by atoms with Crippen LogP contribution in [0.25, 0.3) is 0 Å². The van der Waals surface area contributed by atoms with E-state index < -0.39 is 23.7 Å². The zero-order valence-electron chi connectivity index (χ0n) is 14.5. The number of carboxylic acids is 1. The minimum Gasteiger partial charge on any atom is -0.481 e. The van der Waals surface area contributed by atoms with E-state index in [1.165, 1.54) is 37.2 Å². The Balaban J connectivity index is 1.93. The molecule has 8 heteroatoms. The van der Waals surface area contributed by atoms with Gasteiger partial charge in [-0.25, -0.2) is 14.2 Å². The predicted molar refractivity (Wildman–Crippen MR) is 92.4 cm³/mol. The summed E-state index contributed by atoms with van der Waals surface area (Å²) in [6.07, 6.45) is 1.49. The third kappa shape index (κ3) is 5.44. The van der Waals surface area contributed by atoms with Crippen molar-refractivity contribution < 1.29 is 23.8 Å². The number of nitrogens with zero attached hydrogens (tertiary/aromatic N) is 2. The summed E-state index contributed by atoms with van der Waals surface area (Å²) in [6, 6.07) is 8.87.